The standard InChI is InChI=1S/C17H15BrN2O4S/c1-24-14-7-4-11(18)9-13(14)16(23)20-17(25)19-12-5-2-10(3-6-12)8-15(21)22/h2-7,9H,8H2,1H3,(H,21,22)(H2,19,20,23,25). The third-order valence-corrected chi connectivity index (χ3v) is 3.90. The van der Waals surface area contributed by atoms with E-state index in [9.17, 15) is 9.59 Å². The first kappa shape index (κ1) is 18.9. The van der Waals surface area contributed by atoms with Crippen molar-refractivity contribution in [2.24, 2.45) is 0 Å². The van der Waals surface area contributed by atoms with Crippen molar-refractivity contribution in [3.8, 4) is 5.75 Å². The molecule has 2 aromatic rings. The number of aliphatic carboxylic acids is 1. The minimum atomic E-state index is -0.897. The van der Waals surface area contributed by atoms with Crippen LogP contribution in [-0.2, 0) is 11.2 Å². The number of nitrogens with one attached hydrogen (secondary N) is 2. The topological polar surface area (TPSA) is 87.7 Å². The summed E-state index contributed by atoms with van der Waals surface area (Å²) in [6.07, 6.45) is -0.0514. The molecule has 0 fully saturated rings. The van der Waals surface area contributed by atoms with Gasteiger partial charge in [-0.05, 0) is 48.1 Å². The van der Waals surface area contributed by atoms with Gasteiger partial charge in [-0.15, -0.1) is 0 Å². The molecule has 3 N–H and O–H groups in total. The van der Waals surface area contributed by atoms with Crippen molar-refractivity contribution in [1.82, 2.24) is 5.32 Å². The number of methoxy groups -OCH3 is 1. The molecule has 0 saturated carbocycles. The molecule has 2 aromatic carbocycles. The molecule has 0 radical (unpaired) electrons. The second-order valence-corrected chi connectivity index (χ2v) is 6.34. The average Bonchev–Trinajstić information content (AvgIpc) is 2.56. The molecule has 0 aliphatic rings. The van der Waals surface area contributed by atoms with Crippen molar-refractivity contribution < 1.29 is 19.4 Å². The molecule has 6 nitrogen and oxygen atoms in total. The molecule has 25 heavy (non-hydrogen) atoms. The third-order valence-electron chi connectivity index (χ3n) is 3.20. The maximum Gasteiger partial charge on any atom is 0.307 e. The van der Waals surface area contributed by atoms with Gasteiger partial charge in [-0.2, -0.15) is 0 Å². The van der Waals surface area contributed by atoms with Crippen molar-refractivity contribution >= 4 is 50.8 Å². The zero-order valence-electron chi connectivity index (χ0n) is 13.2. The Labute approximate surface area is 158 Å². The van der Waals surface area contributed by atoms with Crippen LogP contribution in [0.4, 0.5) is 5.69 Å². The smallest absolute Gasteiger partial charge is 0.307 e. The van der Waals surface area contributed by atoms with Crippen LogP contribution in [0.1, 0.15) is 15.9 Å². The fraction of sp³-hybridized carbons (Fsp3) is 0.118. The largest absolute Gasteiger partial charge is 0.496 e. The molecule has 0 aliphatic carbocycles. The highest BCUT2D eigenvalue weighted by Gasteiger charge is 2.14. The summed E-state index contributed by atoms with van der Waals surface area (Å²) in [5, 5.41) is 14.3. The maximum absolute atomic E-state index is 12.3. The number of carbonyl (C=O) groups is 2. The van der Waals surface area contributed by atoms with Gasteiger partial charge in [0, 0.05) is 10.2 Å². The first-order valence-corrected chi connectivity index (χ1v) is 8.36. The molecule has 0 unspecified atom stereocenters. The Morgan fingerprint density at radius 1 is 1.20 bits per heavy atom. The summed E-state index contributed by atoms with van der Waals surface area (Å²) < 4.78 is 5.91. The summed E-state index contributed by atoms with van der Waals surface area (Å²) in [6.45, 7) is 0. The number of benzene rings is 2. The van der Waals surface area contributed by atoms with Gasteiger partial charge in [-0.1, -0.05) is 28.1 Å². The number of halogens is 1. The van der Waals surface area contributed by atoms with Crippen LogP contribution in [0, 0.1) is 0 Å². The number of carboxylic acids is 1. The van der Waals surface area contributed by atoms with Gasteiger partial charge in [0.15, 0.2) is 5.11 Å². The molecule has 0 saturated heterocycles. The second-order valence-electron chi connectivity index (χ2n) is 5.02. The van der Waals surface area contributed by atoms with Crippen molar-refractivity contribution in [1.29, 1.82) is 0 Å². The van der Waals surface area contributed by atoms with Crippen molar-refractivity contribution in [3.05, 3.63) is 58.1 Å². The Morgan fingerprint density at radius 3 is 2.48 bits per heavy atom. The summed E-state index contributed by atoms with van der Waals surface area (Å²) >= 11 is 8.45. The first-order valence-electron chi connectivity index (χ1n) is 7.15. The highest BCUT2D eigenvalue weighted by molar-refractivity contribution is 9.10. The molecule has 2 rings (SSSR count). The lowest BCUT2D eigenvalue weighted by atomic mass is 10.1. The lowest BCUT2D eigenvalue weighted by Crippen LogP contribution is -2.34. The van der Waals surface area contributed by atoms with Crippen LogP contribution >= 0.6 is 28.1 Å². The molecular weight excluding hydrogens is 408 g/mol. The van der Waals surface area contributed by atoms with Crippen LogP contribution in [0.5, 0.6) is 5.75 Å². The predicted octanol–water partition coefficient (Wildman–Crippen LogP) is 3.21. The zero-order valence-corrected chi connectivity index (χ0v) is 15.6. The van der Waals surface area contributed by atoms with Gasteiger partial charge in [-0.25, -0.2) is 0 Å². The number of thiocarbonyl (C=S) groups is 1. The van der Waals surface area contributed by atoms with Gasteiger partial charge >= 0.3 is 5.97 Å². The lowest BCUT2D eigenvalue weighted by molar-refractivity contribution is -0.136. The highest BCUT2D eigenvalue weighted by Crippen LogP contribution is 2.22. The number of anilines is 1. The molecular formula is C17H15BrN2O4S. The third kappa shape index (κ3) is 5.54. The number of hydrogen-bond donors (Lipinski definition) is 3. The summed E-state index contributed by atoms with van der Waals surface area (Å²) in [6, 6.07) is 11.8. The molecule has 0 aromatic heterocycles. The van der Waals surface area contributed by atoms with E-state index in [1.165, 1.54) is 7.11 Å². The first-order chi connectivity index (χ1) is 11.9. The summed E-state index contributed by atoms with van der Waals surface area (Å²) in [5.41, 5.74) is 1.66. The minimum absolute atomic E-state index is 0.0514. The summed E-state index contributed by atoms with van der Waals surface area (Å²) in [5.74, 6) is -0.869. The highest BCUT2D eigenvalue weighted by atomic mass is 79.9. The van der Waals surface area contributed by atoms with Crippen molar-refractivity contribution in [2.45, 2.75) is 6.42 Å². The van der Waals surface area contributed by atoms with Crippen LogP contribution in [0.25, 0.3) is 0 Å². The second kappa shape index (κ2) is 8.59. The van der Waals surface area contributed by atoms with E-state index < -0.39 is 11.9 Å². The molecule has 0 aliphatic heterocycles. The monoisotopic (exact) mass is 422 g/mol. The molecule has 0 atom stereocenters. The van der Waals surface area contributed by atoms with Gasteiger partial charge < -0.3 is 15.2 Å². The van der Waals surface area contributed by atoms with Gasteiger partial charge in [0.25, 0.3) is 5.91 Å². The van der Waals surface area contributed by atoms with Gasteiger partial charge in [0.1, 0.15) is 5.75 Å². The van der Waals surface area contributed by atoms with Crippen LogP contribution in [0.3, 0.4) is 0 Å². The summed E-state index contributed by atoms with van der Waals surface area (Å²) in [7, 11) is 1.48. The van der Waals surface area contributed by atoms with Gasteiger partial charge in [0.2, 0.25) is 0 Å². The molecule has 0 spiro atoms. The Morgan fingerprint density at radius 2 is 1.88 bits per heavy atom. The Kier molecular flexibility index (Phi) is 6.49. The predicted molar refractivity (Wildman–Crippen MR) is 102 cm³/mol. The maximum atomic E-state index is 12.3. The molecule has 130 valence electrons. The molecule has 8 heteroatoms. The fourth-order valence-corrected chi connectivity index (χ4v) is 2.64. The minimum Gasteiger partial charge on any atom is -0.496 e. The lowest BCUT2D eigenvalue weighted by Gasteiger charge is -2.12. The number of carbonyl (C=O) groups excluding carboxylic acids is 1. The van der Waals surface area contributed by atoms with E-state index in [2.05, 4.69) is 26.6 Å². The summed E-state index contributed by atoms with van der Waals surface area (Å²) in [4.78, 5) is 23.0. The van der Waals surface area contributed by atoms with E-state index in [1.54, 1.807) is 42.5 Å². The number of carboxylic acid groups (broad SMARTS) is 1. The number of ether oxygens (including phenoxy) is 1. The van der Waals surface area contributed by atoms with E-state index in [0.717, 1.165) is 4.47 Å². The van der Waals surface area contributed by atoms with Gasteiger partial charge in [-0.3, -0.25) is 14.9 Å². The van der Waals surface area contributed by atoms with E-state index in [0.29, 0.717) is 22.6 Å². The molecule has 0 bridgehead atoms. The number of amides is 1. The number of hydrogen-bond acceptors (Lipinski definition) is 4. The average molecular weight is 423 g/mol. The van der Waals surface area contributed by atoms with Crippen LogP contribution in [0.2, 0.25) is 0 Å². The number of rotatable bonds is 5. The van der Waals surface area contributed by atoms with E-state index in [1.807, 2.05) is 0 Å². The SMILES string of the molecule is COc1ccc(Br)cc1C(=O)NC(=S)Nc1ccc(CC(=O)O)cc1. The zero-order chi connectivity index (χ0) is 18.4. The Balaban J connectivity index is 2.01. The van der Waals surface area contributed by atoms with E-state index in [4.69, 9.17) is 22.1 Å². The molecule has 1 amide bonds. The Bertz CT molecular complexity index is 809. The van der Waals surface area contributed by atoms with Crippen LogP contribution < -0.4 is 15.4 Å². The molecule has 0 heterocycles. The van der Waals surface area contributed by atoms with Crippen LogP contribution in [0.15, 0.2) is 46.9 Å². The van der Waals surface area contributed by atoms with Crippen molar-refractivity contribution in [3.63, 3.8) is 0 Å². The fourth-order valence-electron chi connectivity index (χ4n) is 2.07. The normalized spacial score (nSPS) is 10.0. The van der Waals surface area contributed by atoms with E-state index in [-0.39, 0.29) is 11.5 Å². The van der Waals surface area contributed by atoms with E-state index >= 15 is 0 Å². The van der Waals surface area contributed by atoms with Crippen molar-refractivity contribution in [2.75, 3.05) is 12.4 Å². The van der Waals surface area contributed by atoms with Gasteiger partial charge in [0.05, 0.1) is 19.1 Å². The van der Waals surface area contributed by atoms with Crippen LogP contribution in [-0.4, -0.2) is 29.2 Å². The Hall–Kier alpha value is -2.45. The quantitative estimate of drug-likeness (QED) is 0.641.